The first kappa shape index (κ1) is 20.4. The fourth-order valence-corrected chi connectivity index (χ4v) is 3.95. The van der Waals surface area contributed by atoms with Crippen molar-refractivity contribution in [3.63, 3.8) is 0 Å². The van der Waals surface area contributed by atoms with Crippen LogP contribution in [0, 0.1) is 5.92 Å². The number of hydrogen-bond acceptors (Lipinski definition) is 3. The Bertz CT molecular complexity index is 755. The van der Waals surface area contributed by atoms with Gasteiger partial charge in [0.05, 0.1) is 13.2 Å². The number of nitrogens with zero attached hydrogens (tertiary/aromatic N) is 1. The number of amides is 1. The fraction of sp³-hybridized carbons (Fsp3) is 0.458. The van der Waals surface area contributed by atoms with Gasteiger partial charge in [-0.25, -0.2) is 0 Å². The van der Waals surface area contributed by atoms with E-state index in [1.807, 2.05) is 36.4 Å². The van der Waals surface area contributed by atoms with E-state index in [1.165, 1.54) is 31.5 Å². The molecule has 0 radical (unpaired) electrons. The first-order valence-electron chi connectivity index (χ1n) is 10.3. The van der Waals surface area contributed by atoms with Crippen LogP contribution in [-0.2, 0) is 6.54 Å². The predicted octanol–water partition coefficient (Wildman–Crippen LogP) is 4.81. The molecule has 1 saturated heterocycles. The van der Waals surface area contributed by atoms with Gasteiger partial charge in [0.25, 0.3) is 5.91 Å². The van der Waals surface area contributed by atoms with Gasteiger partial charge in [0.15, 0.2) is 0 Å². The van der Waals surface area contributed by atoms with E-state index >= 15 is 0 Å². The summed E-state index contributed by atoms with van der Waals surface area (Å²) in [5.74, 6) is 1.58. The van der Waals surface area contributed by atoms with Crippen molar-refractivity contribution in [2.24, 2.45) is 5.92 Å². The van der Waals surface area contributed by atoms with E-state index in [4.69, 9.17) is 4.74 Å². The lowest BCUT2D eigenvalue weighted by Crippen LogP contribution is -2.33. The summed E-state index contributed by atoms with van der Waals surface area (Å²) in [5, 5.41) is 3.15. The summed E-state index contributed by atoms with van der Waals surface area (Å²) >= 11 is 0. The average Bonchev–Trinajstić information content (AvgIpc) is 2.72. The van der Waals surface area contributed by atoms with Gasteiger partial charge in [-0.2, -0.15) is 0 Å². The number of nitrogens with one attached hydrogen (secondary N) is 1. The molecule has 28 heavy (non-hydrogen) atoms. The molecule has 1 amide bonds. The molecule has 4 heteroatoms. The van der Waals surface area contributed by atoms with Crippen LogP contribution >= 0.6 is 0 Å². The Balaban J connectivity index is 1.59. The molecule has 2 atom stereocenters. The summed E-state index contributed by atoms with van der Waals surface area (Å²) in [7, 11) is 1.66. The molecular weight excluding hydrogens is 348 g/mol. The Kier molecular flexibility index (Phi) is 7.10. The third kappa shape index (κ3) is 5.35. The average molecular weight is 381 g/mol. The van der Waals surface area contributed by atoms with E-state index in [-0.39, 0.29) is 11.9 Å². The summed E-state index contributed by atoms with van der Waals surface area (Å²) in [6.45, 7) is 7.72. The van der Waals surface area contributed by atoms with Gasteiger partial charge in [-0.15, -0.1) is 0 Å². The molecule has 1 aliphatic rings. The lowest BCUT2D eigenvalue weighted by molar-refractivity contribution is 0.0935. The third-order valence-corrected chi connectivity index (χ3v) is 5.60. The van der Waals surface area contributed by atoms with Crippen LogP contribution in [-0.4, -0.2) is 31.0 Å². The van der Waals surface area contributed by atoms with Crippen LogP contribution in [0.15, 0.2) is 48.5 Å². The number of benzene rings is 2. The lowest BCUT2D eigenvalue weighted by Gasteiger charge is -2.30. The van der Waals surface area contributed by atoms with Crippen LogP contribution < -0.4 is 10.1 Å². The molecule has 1 heterocycles. The second-order valence-electron chi connectivity index (χ2n) is 7.89. The molecule has 1 N–H and O–H groups in total. The van der Waals surface area contributed by atoms with E-state index in [9.17, 15) is 4.79 Å². The number of hydrogen-bond donors (Lipinski definition) is 1. The van der Waals surface area contributed by atoms with Gasteiger partial charge < -0.3 is 10.1 Å². The van der Waals surface area contributed by atoms with Crippen LogP contribution in [0.5, 0.6) is 5.75 Å². The Morgan fingerprint density at radius 1 is 1.18 bits per heavy atom. The molecule has 0 bridgehead atoms. The lowest BCUT2D eigenvalue weighted by atomic mass is 9.99. The third-order valence-electron chi connectivity index (χ3n) is 5.60. The van der Waals surface area contributed by atoms with Crippen LogP contribution in [0.4, 0.5) is 0 Å². The number of piperidine rings is 1. The first-order chi connectivity index (χ1) is 13.6. The van der Waals surface area contributed by atoms with Crippen molar-refractivity contribution in [3.05, 3.63) is 65.2 Å². The van der Waals surface area contributed by atoms with Gasteiger partial charge in [0.1, 0.15) is 5.75 Å². The highest BCUT2D eigenvalue weighted by atomic mass is 16.5. The first-order valence-corrected chi connectivity index (χ1v) is 10.3. The topological polar surface area (TPSA) is 41.6 Å². The zero-order valence-corrected chi connectivity index (χ0v) is 17.3. The van der Waals surface area contributed by atoms with Crippen LogP contribution in [0.25, 0.3) is 0 Å². The highest BCUT2D eigenvalue weighted by molar-refractivity contribution is 5.94. The number of ether oxygens (including phenoxy) is 1. The second-order valence-corrected chi connectivity index (χ2v) is 7.89. The Hall–Kier alpha value is -2.33. The summed E-state index contributed by atoms with van der Waals surface area (Å²) < 4.78 is 5.21. The number of rotatable bonds is 7. The van der Waals surface area contributed by atoms with E-state index in [0.717, 1.165) is 30.2 Å². The van der Waals surface area contributed by atoms with Gasteiger partial charge in [-0.1, -0.05) is 38.1 Å². The van der Waals surface area contributed by atoms with Crippen molar-refractivity contribution in [1.29, 1.82) is 0 Å². The van der Waals surface area contributed by atoms with Crippen molar-refractivity contribution in [2.75, 3.05) is 20.2 Å². The smallest absolute Gasteiger partial charge is 0.251 e. The molecule has 0 spiro atoms. The van der Waals surface area contributed by atoms with Gasteiger partial charge in [-0.05, 0) is 67.1 Å². The Labute approximate surface area is 168 Å². The monoisotopic (exact) mass is 380 g/mol. The van der Waals surface area contributed by atoms with Crippen molar-refractivity contribution in [2.45, 2.75) is 45.7 Å². The Morgan fingerprint density at radius 3 is 2.50 bits per heavy atom. The summed E-state index contributed by atoms with van der Waals surface area (Å²) in [6, 6.07) is 15.9. The molecule has 3 rings (SSSR count). The maximum atomic E-state index is 12.7. The minimum atomic E-state index is -0.0270. The van der Waals surface area contributed by atoms with Crippen molar-refractivity contribution < 1.29 is 9.53 Å². The second kappa shape index (κ2) is 9.74. The normalized spacial score (nSPS) is 18.5. The highest BCUT2D eigenvalue weighted by Crippen LogP contribution is 2.21. The van der Waals surface area contributed by atoms with Crippen molar-refractivity contribution in [1.82, 2.24) is 10.2 Å². The van der Waals surface area contributed by atoms with E-state index in [1.54, 1.807) is 7.11 Å². The largest absolute Gasteiger partial charge is 0.497 e. The highest BCUT2D eigenvalue weighted by Gasteiger charge is 2.17. The van der Waals surface area contributed by atoms with Gasteiger partial charge in [-0.3, -0.25) is 9.69 Å². The molecule has 2 unspecified atom stereocenters. The maximum Gasteiger partial charge on any atom is 0.251 e. The number of carbonyl (C=O) groups is 1. The van der Waals surface area contributed by atoms with Crippen molar-refractivity contribution in [3.8, 4) is 5.75 Å². The molecule has 0 saturated carbocycles. The van der Waals surface area contributed by atoms with Gasteiger partial charge >= 0.3 is 0 Å². The SMILES string of the molecule is CCC(NC(=O)c1ccc(CN2CCCC(C)C2)cc1)c1ccc(OC)cc1. The minimum absolute atomic E-state index is 0.00656. The summed E-state index contributed by atoms with van der Waals surface area (Å²) in [4.78, 5) is 15.2. The minimum Gasteiger partial charge on any atom is -0.497 e. The van der Waals surface area contributed by atoms with Crippen LogP contribution in [0.1, 0.15) is 60.6 Å². The molecule has 150 valence electrons. The molecular formula is C24H32N2O2. The van der Waals surface area contributed by atoms with Crippen molar-refractivity contribution >= 4 is 5.91 Å². The van der Waals surface area contributed by atoms with E-state index in [2.05, 4.69) is 36.2 Å². The summed E-state index contributed by atoms with van der Waals surface area (Å²) in [6.07, 6.45) is 3.46. The molecule has 2 aromatic carbocycles. The molecule has 4 nitrogen and oxygen atoms in total. The van der Waals surface area contributed by atoms with Gasteiger partial charge in [0, 0.05) is 18.7 Å². The van der Waals surface area contributed by atoms with Gasteiger partial charge in [0.2, 0.25) is 0 Å². The van der Waals surface area contributed by atoms with Crippen LogP contribution in [0.2, 0.25) is 0 Å². The zero-order valence-electron chi connectivity index (χ0n) is 17.3. The number of likely N-dealkylation sites (tertiary alicyclic amines) is 1. The maximum absolute atomic E-state index is 12.7. The molecule has 0 aromatic heterocycles. The quantitative estimate of drug-likeness (QED) is 0.750. The van der Waals surface area contributed by atoms with E-state index in [0.29, 0.717) is 5.56 Å². The molecule has 1 fully saturated rings. The predicted molar refractivity (Wildman–Crippen MR) is 114 cm³/mol. The summed E-state index contributed by atoms with van der Waals surface area (Å²) in [5.41, 5.74) is 3.07. The van der Waals surface area contributed by atoms with E-state index < -0.39 is 0 Å². The molecule has 0 aliphatic carbocycles. The number of methoxy groups -OCH3 is 1. The zero-order chi connectivity index (χ0) is 19.9. The van der Waals surface area contributed by atoms with Crippen LogP contribution in [0.3, 0.4) is 0 Å². The molecule has 1 aliphatic heterocycles. The molecule has 2 aromatic rings. The standard InChI is InChI=1S/C24H32N2O2/c1-4-23(20-11-13-22(28-3)14-12-20)25-24(27)21-9-7-19(8-10-21)17-26-15-5-6-18(2)16-26/h7-14,18,23H,4-6,15-17H2,1-3H3,(H,25,27). The number of carbonyl (C=O) groups excluding carboxylic acids is 1. The Morgan fingerprint density at radius 2 is 1.89 bits per heavy atom. The fourth-order valence-electron chi connectivity index (χ4n) is 3.95.